The van der Waals surface area contributed by atoms with Crippen molar-refractivity contribution in [2.24, 2.45) is 0 Å². The number of benzene rings is 1. The Morgan fingerprint density at radius 3 is 2.50 bits per heavy atom. The molecule has 0 unspecified atom stereocenters. The van der Waals surface area contributed by atoms with Gasteiger partial charge in [-0.25, -0.2) is 0 Å². The van der Waals surface area contributed by atoms with Gasteiger partial charge in [0.05, 0.1) is 0 Å². The smallest absolute Gasteiger partial charge is 0.298 e. The number of rotatable bonds is 4. The summed E-state index contributed by atoms with van der Waals surface area (Å²) < 4.78 is 36.0. The molecule has 6 heteroatoms. The van der Waals surface area contributed by atoms with E-state index in [1.54, 1.807) is 13.0 Å². The Hall–Kier alpha value is -0.330. The molecule has 0 aliphatic rings. The van der Waals surface area contributed by atoms with Crippen molar-refractivity contribution in [3.63, 3.8) is 0 Å². The summed E-state index contributed by atoms with van der Waals surface area (Å²) in [5, 5.41) is 0. The standard InChI is InChI=1S/C10H12O4S.Na/c1-8(2)7-14-9-5-3-4-6-10(9)15(11,12)13;/h3-6H,1,7H2,2H3,(H,11,12,13);. The van der Waals surface area contributed by atoms with Gasteiger partial charge in [-0.05, 0) is 24.6 Å². The zero-order valence-corrected chi connectivity index (χ0v) is 12.1. The van der Waals surface area contributed by atoms with E-state index in [9.17, 15) is 8.42 Å². The van der Waals surface area contributed by atoms with Gasteiger partial charge in [-0.1, -0.05) is 18.7 Å². The minimum Gasteiger partial charge on any atom is -0.488 e. The summed E-state index contributed by atoms with van der Waals surface area (Å²) in [6, 6.07) is 5.90. The Kier molecular flexibility index (Phi) is 6.28. The Labute approximate surface area is 117 Å². The van der Waals surface area contributed by atoms with Gasteiger partial charge in [0.25, 0.3) is 10.1 Å². The van der Waals surface area contributed by atoms with Crippen molar-refractivity contribution in [3.8, 4) is 5.75 Å². The fraction of sp³-hybridized carbons (Fsp3) is 0.200. The summed E-state index contributed by atoms with van der Waals surface area (Å²) >= 11 is 0. The van der Waals surface area contributed by atoms with Crippen molar-refractivity contribution in [3.05, 3.63) is 36.4 Å². The van der Waals surface area contributed by atoms with Gasteiger partial charge in [0.2, 0.25) is 0 Å². The van der Waals surface area contributed by atoms with Gasteiger partial charge < -0.3 is 4.74 Å². The van der Waals surface area contributed by atoms with Gasteiger partial charge in [0.15, 0.2) is 0 Å². The average molecular weight is 251 g/mol. The Balaban J connectivity index is 0.00000225. The second kappa shape index (κ2) is 6.42. The van der Waals surface area contributed by atoms with Crippen LogP contribution in [-0.4, -0.2) is 49.1 Å². The zero-order chi connectivity index (χ0) is 11.5. The first-order chi connectivity index (χ1) is 6.91. The minimum absolute atomic E-state index is 0. The molecule has 83 valence electrons. The second-order valence-electron chi connectivity index (χ2n) is 3.17. The monoisotopic (exact) mass is 251 g/mol. The van der Waals surface area contributed by atoms with Crippen molar-refractivity contribution in [1.29, 1.82) is 0 Å². The molecule has 1 aromatic rings. The van der Waals surface area contributed by atoms with Crippen LogP contribution in [0.1, 0.15) is 6.92 Å². The van der Waals surface area contributed by atoms with Crippen molar-refractivity contribution in [2.45, 2.75) is 11.8 Å². The molecule has 0 saturated carbocycles. The number of para-hydroxylation sites is 1. The van der Waals surface area contributed by atoms with E-state index < -0.39 is 10.1 Å². The largest absolute Gasteiger partial charge is 0.488 e. The number of hydrogen-bond donors (Lipinski definition) is 1. The first-order valence-electron chi connectivity index (χ1n) is 4.25. The van der Waals surface area contributed by atoms with Crippen LogP contribution < -0.4 is 4.74 Å². The molecule has 0 aliphatic carbocycles. The number of hydrogen-bond acceptors (Lipinski definition) is 3. The van der Waals surface area contributed by atoms with E-state index >= 15 is 0 Å². The van der Waals surface area contributed by atoms with Gasteiger partial charge >= 0.3 is 0 Å². The van der Waals surface area contributed by atoms with Crippen LogP contribution in [0, 0.1) is 0 Å². The minimum atomic E-state index is -4.24. The van der Waals surface area contributed by atoms with Crippen LogP contribution in [0.15, 0.2) is 41.3 Å². The SMILES string of the molecule is C=C(C)COc1ccccc1S(=O)(=O)O.[Na]. The van der Waals surface area contributed by atoms with Gasteiger partial charge in [-0.2, -0.15) is 8.42 Å². The molecule has 0 amide bonds. The Morgan fingerprint density at radius 1 is 1.44 bits per heavy atom. The van der Waals surface area contributed by atoms with Crippen LogP contribution in [-0.2, 0) is 10.1 Å². The molecular weight excluding hydrogens is 239 g/mol. The van der Waals surface area contributed by atoms with Crippen LogP contribution in [0.25, 0.3) is 0 Å². The molecule has 1 radical (unpaired) electrons. The first kappa shape index (κ1) is 15.7. The van der Waals surface area contributed by atoms with E-state index in [0.29, 0.717) is 0 Å². The summed E-state index contributed by atoms with van der Waals surface area (Å²) in [6.07, 6.45) is 0. The normalized spacial score (nSPS) is 10.4. The molecule has 1 N–H and O–H groups in total. The molecule has 0 saturated heterocycles. The molecule has 0 heterocycles. The molecule has 0 bridgehead atoms. The second-order valence-corrected chi connectivity index (χ2v) is 4.56. The summed E-state index contributed by atoms with van der Waals surface area (Å²) in [7, 11) is -4.24. The maximum absolute atomic E-state index is 11.0. The van der Waals surface area contributed by atoms with Gasteiger partial charge in [-0.15, -0.1) is 0 Å². The van der Waals surface area contributed by atoms with Crippen molar-refractivity contribution in [2.75, 3.05) is 6.61 Å². The topological polar surface area (TPSA) is 63.6 Å². The van der Waals surface area contributed by atoms with E-state index in [2.05, 4.69) is 6.58 Å². The van der Waals surface area contributed by atoms with Crippen molar-refractivity contribution in [1.82, 2.24) is 0 Å². The Bertz CT molecular complexity index is 467. The van der Waals surface area contributed by atoms with E-state index in [-0.39, 0.29) is 46.8 Å². The third-order valence-corrected chi connectivity index (χ3v) is 2.49. The predicted molar refractivity (Wildman–Crippen MR) is 62.3 cm³/mol. The van der Waals surface area contributed by atoms with Gasteiger partial charge in [-0.3, -0.25) is 4.55 Å². The van der Waals surface area contributed by atoms with E-state index in [0.717, 1.165) is 5.57 Å². The molecule has 0 aromatic heterocycles. The predicted octanol–water partition coefficient (Wildman–Crippen LogP) is 1.51. The first-order valence-corrected chi connectivity index (χ1v) is 5.69. The van der Waals surface area contributed by atoms with Gasteiger partial charge in [0, 0.05) is 29.6 Å². The third kappa shape index (κ3) is 4.67. The third-order valence-electron chi connectivity index (χ3n) is 1.60. The fourth-order valence-corrected chi connectivity index (χ4v) is 1.62. The summed E-state index contributed by atoms with van der Waals surface area (Å²) in [6.45, 7) is 5.60. The van der Waals surface area contributed by atoms with Crippen LogP contribution in [0.3, 0.4) is 0 Å². The van der Waals surface area contributed by atoms with Crippen LogP contribution >= 0.6 is 0 Å². The maximum atomic E-state index is 11.0. The average Bonchev–Trinajstić information content (AvgIpc) is 2.13. The molecule has 0 aliphatic heterocycles. The number of ether oxygens (including phenoxy) is 1. The quantitative estimate of drug-likeness (QED) is 0.500. The van der Waals surface area contributed by atoms with E-state index in [1.807, 2.05) is 0 Å². The molecule has 0 spiro atoms. The Morgan fingerprint density at radius 2 is 2.00 bits per heavy atom. The van der Waals surface area contributed by atoms with Crippen molar-refractivity contribution < 1.29 is 17.7 Å². The molecule has 1 rings (SSSR count). The van der Waals surface area contributed by atoms with Crippen LogP contribution in [0.2, 0.25) is 0 Å². The molecular formula is C10H12NaO4S. The van der Waals surface area contributed by atoms with Crippen LogP contribution in [0.5, 0.6) is 5.75 Å². The zero-order valence-electron chi connectivity index (χ0n) is 9.30. The molecule has 0 fully saturated rings. The summed E-state index contributed by atoms with van der Waals surface area (Å²) in [5.41, 5.74) is 0.764. The molecule has 0 atom stereocenters. The fourth-order valence-electron chi connectivity index (χ4n) is 0.983. The van der Waals surface area contributed by atoms with E-state index in [4.69, 9.17) is 9.29 Å². The van der Waals surface area contributed by atoms with Crippen molar-refractivity contribution >= 4 is 39.7 Å². The molecule has 1 aromatic carbocycles. The van der Waals surface area contributed by atoms with E-state index in [1.165, 1.54) is 18.2 Å². The summed E-state index contributed by atoms with van der Waals surface area (Å²) in [5.74, 6) is 0.128. The molecule has 16 heavy (non-hydrogen) atoms. The maximum Gasteiger partial charge on any atom is 0.298 e. The van der Waals surface area contributed by atoms with Gasteiger partial charge in [0.1, 0.15) is 17.3 Å². The summed E-state index contributed by atoms with van der Waals surface area (Å²) in [4.78, 5) is -0.230. The van der Waals surface area contributed by atoms with Crippen LogP contribution in [0.4, 0.5) is 0 Å². The molecule has 4 nitrogen and oxygen atoms in total.